The van der Waals surface area contributed by atoms with Crippen molar-refractivity contribution in [1.82, 2.24) is 4.98 Å². The number of nitrogens with zero attached hydrogens (tertiary/aromatic N) is 2. The number of anilines is 1. The first kappa shape index (κ1) is 11.4. The van der Waals surface area contributed by atoms with Crippen molar-refractivity contribution in [3.05, 3.63) is 27.4 Å². The molecule has 15 heavy (non-hydrogen) atoms. The fraction of sp³-hybridized carbons (Fsp3) is 0.500. The molecule has 1 N–H and O–H groups in total. The molecular weight excluding hydrogens is 194 g/mol. The maximum absolute atomic E-state index is 10.7. The number of hydrogen-bond acceptors (Lipinski definition) is 4. The van der Waals surface area contributed by atoms with Crippen molar-refractivity contribution in [3.8, 4) is 0 Å². The molecule has 0 fully saturated rings. The molecule has 1 aromatic heterocycles. The summed E-state index contributed by atoms with van der Waals surface area (Å²) in [6, 6.07) is 1.57. The normalized spacial score (nSPS) is 10.1. The zero-order valence-electron chi connectivity index (χ0n) is 9.20. The van der Waals surface area contributed by atoms with Crippen LogP contribution in [0.15, 0.2) is 6.07 Å². The Labute approximate surface area is 88.7 Å². The van der Waals surface area contributed by atoms with E-state index in [0.717, 1.165) is 24.1 Å². The average molecular weight is 209 g/mol. The first-order valence-corrected chi connectivity index (χ1v) is 4.92. The monoisotopic (exact) mass is 209 g/mol. The molecule has 0 aliphatic heterocycles. The number of aryl methyl sites for hydroxylation is 2. The molecule has 5 heteroatoms. The Morgan fingerprint density at radius 3 is 2.73 bits per heavy atom. The fourth-order valence-corrected chi connectivity index (χ4v) is 1.45. The molecule has 0 aliphatic rings. The van der Waals surface area contributed by atoms with Crippen LogP contribution in [0.5, 0.6) is 0 Å². The van der Waals surface area contributed by atoms with Gasteiger partial charge < -0.3 is 5.32 Å². The van der Waals surface area contributed by atoms with E-state index in [1.807, 2.05) is 6.92 Å². The molecular formula is C10H15N3O2. The molecule has 0 spiro atoms. The first-order valence-electron chi connectivity index (χ1n) is 4.92. The van der Waals surface area contributed by atoms with Gasteiger partial charge in [-0.1, -0.05) is 13.3 Å². The Morgan fingerprint density at radius 1 is 1.60 bits per heavy atom. The lowest BCUT2D eigenvalue weighted by atomic mass is 10.1. The summed E-state index contributed by atoms with van der Waals surface area (Å²) in [6.45, 7) is 3.91. The molecule has 0 bridgehead atoms. The summed E-state index contributed by atoms with van der Waals surface area (Å²) in [4.78, 5) is 14.6. The molecule has 0 amide bonds. The number of rotatable bonds is 4. The molecule has 1 rings (SSSR count). The van der Waals surface area contributed by atoms with Crippen LogP contribution in [0, 0.1) is 17.0 Å². The number of pyridine rings is 1. The lowest BCUT2D eigenvalue weighted by molar-refractivity contribution is -0.384. The van der Waals surface area contributed by atoms with Gasteiger partial charge in [-0.2, -0.15) is 0 Å². The van der Waals surface area contributed by atoms with Crippen molar-refractivity contribution in [3.63, 3.8) is 0 Å². The van der Waals surface area contributed by atoms with Crippen molar-refractivity contribution in [2.45, 2.75) is 26.7 Å². The first-order chi connectivity index (χ1) is 7.10. The highest BCUT2D eigenvalue weighted by Gasteiger charge is 2.16. The van der Waals surface area contributed by atoms with Gasteiger partial charge in [-0.15, -0.1) is 0 Å². The zero-order valence-corrected chi connectivity index (χ0v) is 9.20. The van der Waals surface area contributed by atoms with Gasteiger partial charge in [0.05, 0.1) is 4.92 Å². The maximum atomic E-state index is 10.7. The molecule has 5 nitrogen and oxygen atoms in total. The van der Waals surface area contributed by atoms with Gasteiger partial charge in [0.2, 0.25) is 5.82 Å². The highest BCUT2D eigenvalue weighted by molar-refractivity contribution is 5.57. The van der Waals surface area contributed by atoms with E-state index in [2.05, 4.69) is 17.2 Å². The van der Waals surface area contributed by atoms with E-state index in [0.29, 0.717) is 5.82 Å². The number of nitro groups is 1. The van der Waals surface area contributed by atoms with Gasteiger partial charge in [0.1, 0.15) is 0 Å². The standard InChI is InChI=1S/C10H15N3O2/c1-4-5-8-7(2)6-9(13(14)15)10(11-3)12-8/h6H,4-5H2,1-3H3,(H,11,12). The minimum atomic E-state index is -0.415. The molecule has 82 valence electrons. The van der Waals surface area contributed by atoms with Crippen LogP contribution in [0.3, 0.4) is 0 Å². The Kier molecular flexibility index (Phi) is 3.60. The van der Waals surface area contributed by atoms with E-state index in [1.54, 1.807) is 13.1 Å². The second kappa shape index (κ2) is 4.72. The summed E-state index contributed by atoms with van der Waals surface area (Å²) in [7, 11) is 1.64. The van der Waals surface area contributed by atoms with Crippen molar-refractivity contribution in [2.75, 3.05) is 12.4 Å². The van der Waals surface area contributed by atoms with Gasteiger partial charge in [0.25, 0.3) is 0 Å². The highest BCUT2D eigenvalue weighted by Crippen LogP contribution is 2.24. The summed E-state index contributed by atoms with van der Waals surface area (Å²) in [5.74, 6) is 0.342. The Bertz CT molecular complexity index is 377. The Balaban J connectivity index is 3.22. The molecule has 0 saturated heterocycles. The van der Waals surface area contributed by atoms with Gasteiger partial charge in [0.15, 0.2) is 0 Å². The van der Waals surface area contributed by atoms with Crippen LogP contribution < -0.4 is 5.32 Å². The van der Waals surface area contributed by atoms with Crippen molar-refractivity contribution >= 4 is 11.5 Å². The lowest BCUT2D eigenvalue weighted by Gasteiger charge is -2.07. The zero-order chi connectivity index (χ0) is 11.4. The molecule has 1 heterocycles. The van der Waals surface area contributed by atoms with Crippen LogP contribution in [0.25, 0.3) is 0 Å². The Hall–Kier alpha value is -1.65. The maximum Gasteiger partial charge on any atom is 0.311 e. The molecule has 0 aliphatic carbocycles. The van der Waals surface area contributed by atoms with Gasteiger partial charge in [-0.25, -0.2) is 4.98 Å². The topological polar surface area (TPSA) is 68.1 Å². The van der Waals surface area contributed by atoms with Crippen LogP contribution in [0.4, 0.5) is 11.5 Å². The van der Waals surface area contributed by atoms with E-state index in [9.17, 15) is 10.1 Å². The van der Waals surface area contributed by atoms with E-state index >= 15 is 0 Å². The number of hydrogen-bond donors (Lipinski definition) is 1. The average Bonchev–Trinajstić information content (AvgIpc) is 2.20. The molecule has 0 aromatic carbocycles. The quantitative estimate of drug-likeness (QED) is 0.610. The van der Waals surface area contributed by atoms with E-state index < -0.39 is 4.92 Å². The third-order valence-electron chi connectivity index (χ3n) is 2.22. The minimum Gasteiger partial charge on any atom is -0.367 e. The molecule has 0 radical (unpaired) electrons. The SMILES string of the molecule is CCCc1nc(NC)c([N+](=O)[O-])cc1C. The summed E-state index contributed by atoms with van der Waals surface area (Å²) < 4.78 is 0. The van der Waals surface area contributed by atoms with Crippen molar-refractivity contribution in [1.29, 1.82) is 0 Å². The van der Waals surface area contributed by atoms with Gasteiger partial charge in [-0.3, -0.25) is 10.1 Å². The van der Waals surface area contributed by atoms with Crippen molar-refractivity contribution in [2.24, 2.45) is 0 Å². The Morgan fingerprint density at radius 2 is 2.27 bits per heavy atom. The van der Waals surface area contributed by atoms with Gasteiger partial charge >= 0.3 is 5.69 Å². The number of aromatic nitrogens is 1. The van der Waals surface area contributed by atoms with Crippen LogP contribution in [-0.4, -0.2) is 17.0 Å². The predicted octanol–water partition coefficient (Wildman–Crippen LogP) is 2.29. The molecule has 0 unspecified atom stereocenters. The van der Waals surface area contributed by atoms with E-state index in [4.69, 9.17) is 0 Å². The summed E-state index contributed by atoms with van der Waals surface area (Å²) in [5.41, 5.74) is 1.84. The van der Waals surface area contributed by atoms with Crippen LogP contribution in [-0.2, 0) is 6.42 Å². The molecule has 0 saturated carbocycles. The molecule has 1 aromatic rings. The largest absolute Gasteiger partial charge is 0.367 e. The second-order valence-corrected chi connectivity index (χ2v) is 3.38. The summed E-state index contributed by atoms with van der Waals surface area (Å²) >= 11 is 0. The third kappa shape index (κ3) is 2.43. The van der Waals surface area contributed by atoms with Crippen molar-refractivity contribution < 1.29 is 4.92 Å². The number of nitrogens with one attached hydrogen (secondary N) is 1. The van der Waals surface area contributed by atoms with Gasteiger partial charge in [-0.05, 0) is 18.9 Å². The smallest absolute Gasteiger partial charge is 0.311 e. The van der Waals surface area contributed by atoms with Crippen LogP contribution in [0.2, 0.25) is 0 Å². The minimum absolute atomic E-state index is 0.0369. The summed E-state index contributed by atoms with van der Waals surface area (Å²) in [6.07, 6.45) is 1.83. The van der Waals surface area contributed by atoms with Crippen LogP contribution >= 0.6 is 0 Å². The highest BCUT2D eigenvalue weighted by atomic mass is 16.6. The fourth-order valence-electron chi connectivity index (χ4n) is 1.45. The third-order valence-corrected chi connectivity index (χ3v) is 2.22. The van der Waals surface area contributed by atoms with E-state index in [1.165, 1.54) is 0 Å². The molecule has 0 atom stereocenters. The lowest BCUT2D eigenvalue weighted by Crippen LogP contribution is -2.04. The van der Waals surface area contributed by atoms with Gasteiger partial charge in [0, 0.05) is 18.8 Å². The predicted molar refractivity (Wildman–Crippen MR) is 59.2 cm³/mol. The second-order valence-electron chi connectivity index (χ2n) is 3.38. The summed E-state index contributed by atoms with van der Waals surface area (Å²) in [5, 5.41) is 13.5. The van der Waals surface area contributed by atoms with Crippen LogP contribution in [0.1, 0.15) is 24.6 Å². The van der Waals surface area contributed by atoms with E-state index in [-0.39, 0.29) is 5.69 Å².